The zero-order valence-electron chi connectivity index (χ0n) is 10.1. The van der Waals surface area contributed by atoms with Crippen LogP contribution in [0.2, 0.25) is 0 Å². The first-order valence-corrected chi connectivity index (χ1v) is 5.44. The third kappa shape index (κ3) is 4.17. The summed E-state index contributed by atoms with van der Waals surface area (Å²) < 4.78 is 0. The average molecular weight is 231 g/mol. The topological polar surface area (TPSA) is 67.2 Å². The van der Waals surface area contributed by atoms with Crippen molar-refractivity contribution >= 4 is 6.03 Å². The van der Waals surface area contributed by atoms with Crippen LogP contribution >= 0.6 is 0 Å². The lowest BCUT2D eigenvalue weighted by molar-refractivity contribution is 0.240. The molecule has 0 aliphatic carbocycles. The largest absolute Gasteiger partial charge is 0.341 e. The van der Waals surface area contributed by atoms with E-state index in [1.807, 2.05) is 31.2 Å². The highest BCUT2D eigenvalue weighted by Crippen LogP contribution is 2.13. The highest BCUT2D eigenvalue weighted by atomic mass is 16.2. The summed E-state index contributed by atoms with van der Waals surface area (Å²) in [6.45, 7) is 2.26. The SMILES string of the molecule is CNC(=O)NC(C)c1cccc(C#CCN)c1. The van der Waals surface area contributed by atoms with Crippen LogP contribution in [0.1, 0.15) is 24.1 Å². The predicted octanol–water partition coefficient (Wildman–Crippen LogP) is 0.987. The monoisotopic (exact) mass is 231 g/mol. The number of urea groups is 1. The van der Waals surface area contributed by atoms with Crippen molar-refractivity contribution in [2.45, 2.75) is 13.0 Å². The number of amides is 2. The molecule has 4 heteroatoms. The van der Waals surface area contributed by atoms with E-state index in [-0.39, 0.29) is 12.1 Å². The Hall–Kier alpha value is -1.99. The van der Waals surface area contributed by atoms with Gasteiger partial charge in [-0.15, -0.1) is 0 Å². The standard InChI is InChI=1S/C13H17N3O/c1-10(16-13(17)15-2)12-7-3-5-11(9-12)6-4-8-14/h3,5,7,9-10H,8,14H2,1-2H3,(H2,15,16,17). The minimum absolute atomic E-state index is 0.0606. The second kappa shape index (κ2) is 6.56. The fourth-order valence-electron chi connectivity index (χ4n) is 1.39. The van der Waals surface area contributed by atoms with Gasteiger partial charge in [-0.2, -0.15) is 0 Å². The Labute approximate surface area is 102 Å². The number of carbonyl (C=O) groups is 1. The molecule has 90 valence electrons. The van der Waals surface area contributed by atoms with Crippen LogP contribution in [0.3, 0.4) is 0 Å². The molecule has 0 bridgehead atoms. The molecule has 0 aliphatic heterocycles. The summed E-state index contributed by atoms with van der Waals surface area (Å²) >= 11 is 0. The summed E-state index contributed by atoms with van der Waals surface area (Å²) in [6.07, 6.45) is 0. The van der Waals surface area contributed by atoms with Crippen molar-refractivity contribution in [1.82, 2.24) is 10.6 Å². The van der Waals surface area contributed by atoms with Crippen LogP contribution in [0.15, 0.2) is 24.3 Å². The van der Waals surface area contributed by atoms with Gasteiger partial charge in [0.05, 0.1) is 12.6 Å². The molecule has 1 aromatic carbocycles. The molecule has 1 aromatic rings. The van der Waals surface area contributed by atoms with Gasteiger partial charge in [0.15, 0.2) is 0 Å². The van der Waals surface area contributed by atoms with Crippen molar-refractivity contribution in [2.75, 3.05) is 13.6 Å². The van der Waals surface area contributed by atoms with Crippen LogP contribution < -0.4 is 16.4 Å². The van der Waals surface area contributed by atoms with Crippen LogP contribution in [0.5, 0.6) is 0 Å². The van der Waals surface area contributed by atoms with Crippen molar-refractivity contribution in [2.24, 2.45) is 5.73 Å². The first-order chi connectivity index (χ1) is 8.17. The van der Waals surface area contributed by atoms with Crippen LogP contribution in [0, 0.1) is 11.8 Å². The third-order valence-electron chi connectivity index (χ3n) is 2.30. The molecule has 4 nitrogen and oxygen atoms in total. The Morgan fingerprint density at radius 3 is 2.94 bits per heavy atom. The highest BCUT2D eigenvalue weighted by Gasteiger charge is 2.07. The summed E-state index contributed by atoms with van der Waals surface area (Å²) in [7, 11) is 1.59. The molecule has 0 saturated heterocycles. The Bertz CT molecular complexity index is 445. The number of rotatable bonds is 2. The molecule has 2 amide bonds. The molecule has 0 heterocycles. The average Bonchev–Trinajstić information content (AvgIpc) is 2.36. The maximum atomic E-state index is 11.2. The lowest BCUT2D eigenvalue weighted by Gasteiger charge is -2.14. The zero-order valence-corrected chi connectivity index (χ0v) is 10.1. The number of nitrogens with one attached hydrogen (secondary N) is 2. The van der Waals surface area contributed by atoms with Crippen molar-refractivity contribution in [3.63, 3.8) is 0 Å². The van der Waals surface area contributed by atoms with Crippen molar-refractivity contribution in [3.8, 4) is 11.8 Å². The third-order valence-corrected chi connectivity index (χ3v) is 2.30. The molecule has 0 aromatic heterocycles. The molecule has 1 unspecified atom stereocenters. The Kier molecular flexibility index (Phi) is 5.05. The van der Waals surface area contributed by atoms with Crippen LogP contribution in [0.4, 0.5) is 4.79 Å². The van der Waals surface area contributed by atoms with E-state index in [0.717, 1.165) is 11.1 Å². The van der Waals surface area contributed by atoms with Crippen LogP contribution in [-0.2, 0) is 0 Å². The molecular formula is C13H17N3O. The first kappa shape index (κ1) is 13.1. The van der Waals surface area contributed by atoms with Gasteiger partial charge >= 0.3 is 6.03 Å². The fraction of sp³-hybridized carbons (Fsp3) is 0.308. The molecule has 0 aliphatic rings. The molecule has 1 rings (SSSR count). The number of carbonyl (C=O) groups excluding carboxylic acids is 1. The van der Waals surface area contributed by atoms with Gasteiger partial charge in [0.1, 0.15) is 0 Å². The van der Waals surface area contributed by atoms with Crippen molar-refractivity contribution in [1.29, 1.82) is 0 Å². The van der Waals surface area contributed by atoms with E-state index in [2.05, 4.69) is 22.5 Å². The predicted molar refractivity (Wildman–Crippen MR) is 68.4 cm³/mol. The van der Waals surface area contributed by atoms with E-state index >= 15 is 0 Å². The van der Waals surface area contributed by atoms with E-state index in [1.165, 1.54) is 0 Å². The van der Waals surface area contributed by atoms with Gasteiger partial charge in [-0.25, -0.2) is 4.79 Å². The number of nitrogens with two attached hydrogens (primary N) is 1. The fourth-order valence-corrected chi connectivity index (χ4v) is 1.39. The normalized spacial score (nSPS) is 11.0. The van der Waals surface area contributed by atoms with Gasteiger partial charge in [0.25, 0.3) is 0 Å². The number of hydrogen-bond acceptors (Lipinski definition) is 2. The van der Waals surface area contributed by atoms with Crippen molar-refractivity contribution < 1.29 is 4.79 Å². The minimum Gasteiger partial charge on any atom is -0.341 e. The molecule has 0 saturated carbocycles. The van der Waals surface area contributed by atoms with Crippen molar-refractivity contribution in [3.05, 3.63) is 35.4 Å². The molecular weight excluding hydrogens is 214 g/mol. The molecule has 0 spiro atoms. The van der Waals surface area contributed by atoms with Gasteiger partial charge in [-0.1, -0.05) is 24.0 Å². The van der Waals surface area contributed by atoms with E-state index in [0.29, 0.717) is 6.54 Å². The summed E-state index contributed by atoms with van der Waals surface area (Å²) in [5.74, 6) is 5.76. The Morgan fingerprint density at radius 1 is 1.53 bits per heavy atom. The summed E-state index contributed by atoms with van der Waals surface area (Å²) in [4.78, 5) is 11.2. The Morgan fingerprint density at radius 2 is 2.29 bits per heavy atom. The molecule has 1 atom stereocenters. The summed E-state index contributed by atoms with van der Waals surface area (Å²) in [5.41, 5.74) is 7.23. The second-order valence-electron chi connectivity index (χ2n) is 3.58. The van der Waals surface area contributed by atoms with Crippen LogP contribution in [-0.4, -0.2) is 19.6 Å². The van der Waals surface area contributed by atoms with Gasteiger partial charge in [0.2, 0.25) is 0 Å². The summed E-state index contributed by atoms with van der Waals surface area (Å²) in [6, 6.07) is 7.47. The van der Waals surface area contributed by atoms with E-state index in [1.54, 1.807) is 7.05 Å². The van der Waals surface area contributed by atoms with E-state index < -0.39 is 0 Å². The second-order valence-corrected chi connectivity index (χ2v) is 3.58. The highest BCUT2D eigenvalue weighted by molar-refractivity contribution is 5.74. The quantitative estimate of drug-likeness (QED) is 0.664. The molecule has 17 heavy (non-hydrogen) atoms. The molecule has 0 fully saturated rings. The van der Waals surface area contributed by atoms with Gasteiger partial charge < -0.3 is 16.4 Å². The number of hydrogen-bond donors (Lipinski definition) is 3. The minimum atomic E-state index is -0.198. The first-order valence-electron chi connectivity index (χ1n) is 5.44. The maximum Gasteiger partial charge on any atom is 0.315 e. The van der Waals surface area contributed by atoms with E-state index in [9.17, 15) is 4.79 Å². The van der Waals surface area contributed by atoms with E-state index in [4.69, 9.17) is 5.73 Å². The lowest BCUT2D eigenvalue weighted by atomic mass is 10.1. The Balaban J connectivity index is 2.80. The maximum absolute atomic E-state index is 11.2. The summed E-state index contributed by atoms with van der Waals surface area (Å²) in [5, 5.41) is 5.33. The smallest absolute Gasteiger partial charge is 0.315 e. The van der Waals surface area contributed by atoms with Gasteiger partial charge in [0, 0.05) is 12.6 Å². The zero-order chi connectivity index (χ0) is 12.7. The molecule has 0 radical (unpaired) electrons. The van der Waals surface area contributed by atoms with Gasteiger partial charge in [-0.3, -0.25) is 0 Å². The number of benzene rings is 1. The van der Waals surface area contributed by atoms with Crippen LogP contribution in [0.25, 0.3) is 0 Å². The van der Waals surface area contributed by atoms with Gasteiger partial charge in [-0.05, 0) is 24.6 Å². The molecule has 4 N–H and O–H groups in total. The lowest BCUT2D eigenvalue weighted by Crippen LogP contribution is -2.34.